The number of hydrogen-bond acceptors (Lipinski definition) is 3. The van der Waals surface area contributed by atoms with E-state index in [1.165, 1.54) is 16.2 Å². The summed E-state index contributed by atoms with van der Waals surface area (Å²) in [5, 5.41) is 1.79. The van der Waals surface area contributed by atoms with Crippen LogP contribution in [-0.2, 0) is 11.3 Å². The Bertz CT molecular complexity index is 657. The number of carbonyl (C=O) groups excluding carboxylic acids is 2. The summed E-state index contributed by atoms with van der Waals surface area (Å²) in [6.45, 7) is 0.253. The third-order valence-electron chi connectivity index (χ3n) is 2.74. The maximum absolute atomic E-state index is 12.5. The average molecular weight is 479 g/mol. The predicted molar refractivity (Wildman–Crippen MR) is 95.1 cm³/mol. The standard InChI is InChI=1S/C14H12BrIN2O2S/c15-11-3-1-9(2-4-11)6-18(7-13(17)19)14(20)10-5-12(16)21-8-10/h1-5,8H,6-7H2,(H2,17,19). The van der Waals surface area contributed by atoms with E-state index in [0.717, 1.165) is 12.9 Å². The van der Waals surface area contributed by atoms with E-state index in [9.17, 15) is 9.59 Å². The first kappa shape index (κ1) is 16.4. The first-order valence-electron chi connectivity index (χ1n) is 6.02. The summed E-state index contributed by atoms with van der Waals surface area (Å²) >= 11 is 7.02. The van der Waals surface area contributed by atoms with Crippen molar-refractivity contribution in [3.05, 3.63) is 54.2 Å². The topological polar surface area (TPSA) is 63.4 Å². The van der Waals surface area contributed by atoms with E-state index in [1.807, 2.05) is 30.3 Å². The van der Waals surface area contributed by atoms with Crippen LogP contribution in [0.1, 0.15) is 15.9 Å². The Kier molecular flexibility index (Phi) is 5.77. The summed E-state index contributed by atoms with van der Waals surface area (Å²) in [5.74, 6) is -0.707. The second-order valence-corrected chi connectivity index (χ2v) is 8.11. The molecule has 1 heterocycles. The lowest BCUT2D eigenvalue weighted by atomic mass is 10.2. The summed E-state index contributed by atoms with van der Waals surface area (Å²) in [7, 11) is 0. The number of carbonyl (C=O) groups is 2. The van der Waals surface area contributed by atoms with E-state index in [0.29, 0.717) is 12.1 Å². The molecule has 1 aromatic heterocycles. The zero-order chi connectivity index (χ0) is 15.4. The van der Waals surface area contributed by atoms with Crippen LogP contribution in [0.4, 0.5) is 0 Å². The fourth-order valence-electron chi connectivity index (χ4n) is 1.80. The van der Waals surface area contributed by atoms with Gasteiger partial charge in [-0.15, -0.1) is 11.3 Å². The average Bonchev–Trinajstić information content (AvgIpc) is 2.86. The van der Waals surface area contributed by atoms with Gasteiger partial charge in [0, 0.05) is 16.4 Å². The van der Waals surface area contributed by atoms with Crippen LogP contribution in [-0.4, -0.2) is 23.3 Å². The van der Waals surface area contributed by atoms with Crippen LogP contribution in [0, 0.1) is 2.88 Å². The summed E-state index contributed by atoms with van der Waals surface area (Å²) in [4.78, 5) is 25.2. The minimum absolute atomic E-state index is 0.0959. The Balaban J connectivity index is 2.19. The maximum atomic E-state index is 12.5. The molecule has 0 fully saturated rings. The number of halogens is 2. The number of amides is 2. The van der Waals surface area contributed by atoms with Crippen molar-refractivity contribution in [2.45, 2.75) is 6.54 Å². The first-order valence-corrected chi connectivity index (χ1v) is 8.77. The first-order chi connectivity index (χ1) is 9.95. The van der Waals surface area contributed by atoms with E-state index in [4.69, 9.17) is 5.73 Å². The Hall–Kier alpha value is -0.930. The smallest absolute Gasteiger partial charge is 0.255 e. The number of nitrogens with zero attached hydrogens (tertiary/aromatic N) is 1. The van der Waals surface area contributed by atoms with Gasteiger partial charge in [-0.05, 0) is 46.4 Å². The highest BCUT2D eigenvalue weighted by atomic mass is 127. The lowest BCUT2D eigenvalue weighted by molar-refractivity contribution is -0.118. The zero-order valence-corrected chi connectivity index (χ0v) is 15.4. The summed E-state index contributed by atoms with van der Waals surface area (Å²) in [6, 6.07) is 9.42. The van der Waals surface area contributed by atoms with Gasteiger partial charge in [0.2, 0.25) is 5.91 Å². The fourth-order valence-corrected chi connectivity index (χ4v) is 3.39. The van der Waals surface area contributed by atoms with Crippen molar-refractivity contribution < 1.29 is 9.59 Å². The van der Waals surface area contributed by atoms with E-state index in [2.05, 4.69) is 38.5 Å². The number of rotatable bonds is 5. The summed E-state index contributed by atoms with van der Waals surface area (Å²) in [6.07, 6.45) is 0. The van der Waals surface area contributed by atoms with Gasteiger partial charge in [0.15, 0.2) is 0 Å². The molecule has 7 heteroatoms. The van der Waals surface area contributed by atoms with E-state index < -0.39 is 5.91 Å². The van der Waals surface area contributed by atoms with Gasteiger partial charge < -0.3 is 10.6 Å². The predicted octanol–water partition coefficient (Wildman–Crippen LogP) is 3.24. The zero-order valence-electron chi connectivity index (χ0n) is 10.9. The number of primary amides is 1. The third kappa shape index (κ3) is 4.79. The van der Waals surface area contributed by atoms with E-state index >= 15 is 0 Å². The number of benzene rings is 1. The van der Waals surface area contributed by atoms with Gasteiger partial charge in [-0.2, -0.15) is 0 Å². The molecule has 0 radical (unpaired) electrons. The van der Waals surface area contributed by atoms with Crippen molar-refractivity contribution in [3.63, 3.8) is 0 Å². The summed E-state index contributed by atoms with van der Waals surface area (Å²) in [5.41, 5.74) is 6.78. The highest BCUT2D eigenvalue weighted by Crippen LogP contribution is 2.19. The fraction of sp³-hybridized carbons (Fsp3) is 0.143. The van der Waals surface area contributed by atoms with Gasteiger partial charge in [0.1, 0.15) is 0 Å². The van der Waals surface area contributed by atoms with Gasteiger partial charge >= 0.3 is 0 Å². The molecule has 0 bridgehead atoms. The van der Waals surface area contributed by atoms with E-state index in [1.54, 1.807) is 5.38 Å². The highest BCUT2D eigenvalue weighted by molar-refractivity contribution is 14.1. The van der Waals surface area contributed by atoms with Crippen molar-refractivity contribution in [2.24, 2.45) is 5.73 Å². The molecule has 4 nitrogen and oxygen atoms in total. The van der Waals surface area contributed by atoms with Crippen LogP contribution >= 0.6 is 49.9 Å². The molecular formula is C14H12BrIN2O2S. The number of hydrogen-bond donors (Lipinski definition) is 1. The lowest BCUT2D eigenvalue weighted by Gasteiger charge is -2.20. The molecule has 1 aromatic carbocycles. The Labute approximate surface area is 148 Å². The van der Waals surface area contributed by atoms with Crippen LogP contribution in [0.5, 0.6) is 0 Å². The lowest BCUT2D eigenvalue weighted by Crippen LogP contribution is -2.37. The molecule has 2 amide bonds. The Morgan fingerprint density at radius 2 is 1.95 bits per heavy atom. The molecule has 0 aliphatic heterocycles. The van der Waals surface area contributed by atoms with Crippen LogP contribution in [0.15, 0.2) is 40.2 Å². The second kappa shape index (κ2) is 7.37. The van der Waals surface area contributed by atoms with Crippen LogP contribution in [0.2, 0.25) is 0 Å². The molecule has 2 rings (SSSR count). The van der Waals surface area contributed by atoms with Crippen molar-refractivity contribution in [2.75, 3.05) is 6.54 Å². The van der Waals surface area contributed by atoms with Crippen molar-refractivity contribution in [1.82, 2.24) is 4.90 Å². The van der Waals surface area contributed by atoms with Gasteiger partial charge in [0.25, 0.3) is 5.91 Å². The molecule has 110 valence electrons. The van der Waals surface area contributed by atoms with Gasteiger partial charge in [-0.25, -0.2) is 0 Å². The Morgan fingerprint density at radius 1 is 1.29 bits per heavy atom. The SMILES string of the molecule is NC(=O)CN(Cc1ccc(Br)cc1)C(=O)c1csc(I)c1. The molecule has 2 aromatic rings. The van der Waals surface area contributed by atoms with Gasteiger partial charge in [0.05, 0.1) is 15.0 Å². The van der Waals surface area contributed by atoms with Gasteiger partial charge in [-0.1, -0.05) is 28.1 Å². The monoisotopic (exact) mass is 478 g/mol. The minimum atomic E-state index is -0.523. The van der Waals surface area contributed by atoms with Crippen molar-refractivity contribution >= 4 is 61.7 Å². The second-order valence-electron chi connectivity index (χ2n) is 4.39. The largest absolute Gasteiger partial charge is 0.368 e. The quantitative estimate of drug-likeness (QED) is 0.670. The molecule has 0 atom stereocenters. The number of thiophene rings is 1. The highest BCUT2D eigenvalue weighted by Gasteiger charge is 2.19. The minimum Gasteiger partial charge on any atom is -0.368 e. The molecule has 0 unspecified atom stereocenters. The van der Waals surface area contributed by atoms with Gasteiger partial charge in [-0.3, -0.25) is 9.59 Å². The van der Waals surface area contributed by atoms with E-state index in [-0.39, 0.29) is 12.5 Å². The maximum Gasteiger partial charge on any atom is 0.255 e. The molecule has 2 N–H and O–H groups in total. The Morgan fingerprint density at radius 3 is 2.48 bits per heavy atom. The van der Waals surface area contributed by atoms with Crippen molar-refractivity contribution in [1.29, 1.82) is 0 Å². The molecule has 0 saturated heterocycles. The summed E-state index contributed by atoms with van der Waals surface area (Å²) < 4.78 is 1.99. The molecule has 0 saturated carbocycles. The normalized spacial score (nSPS) is 10.4. The van der Waals surface area contributed by atoms with Crippen molar-refractivity contribution in [3.8, 4) is 0 Å². The molecule has 0 aliphatic rings. The molecule has 0 aliphatic carbocycles. The van der Waals surface area contributed by atoms with Crippen LogP contribution in [0.25, 0.3) is 0 Å². The molecular weight excluding hydrogens is 467 g/mol. The number of nitrogens with two attached hydrogens (primary N) is 1. The molecule has 0 spiro atoms. The molecule has 21 heavy (non-hydrogen) atoms. The van der Waals surface area contributed by atoms with Crippen LogP contribution in [0.3, 0.4) is 0 Å². The third-order valence-corrected chi connectivity index (χ3v) is 5.05. The van der Waals surface area contributed by atoms with Crippen LogP contribution < -0.4 is 5.73 Å².